The molecule has 2 aromatic heterocycles. The molecule has 32 heavy (non-hydrogen) atoms. The maximum absolute atomic E-state index is 12.7. The third-order valence-corrected chi connectivity index (χ3v) is 5.83. The largest absolute Gasteiger partial charge is 0.489 e. The fraction of sp³-hybridized carbons (Fsp3) is 0.0833. The summed E-state index contributed by atoms with van der Waals surface area (Å²) in [6.07, 6.45) is 0. The van der Waals surface area contributed by atoms with Crippen molar-refractivity contribution >= 4 is 27.9 Å². The highest BCUT2D eigenvalue weighted by atomic mass is 32.1. The molecule has 5 rings (SSSR count). The van der Waals surface area contributed by atoms with E-state index in [2.05, 4.69) is 20.6 Å². The second kappa shape index (κ2) is 8.60. The molecular weight excluding hydrogens is 422 g/mol. The van der Waals surface area contributed by atoms with E-state index >= 15 is 0 Å². The first-order valence-corrected chi connectivity index (χ1v) is 10.8. The molecule has 2 heterocycles. The van der Waals surface area contributed by atoms with Crippen molar-refractivity contribution in [1.82, 2.24) is 19.8 Å². The lowest BCUT2D eigenvalue weighted by Crippen LogP contribution is -2.11. The first kappa shape index (κ1) is 19.9. The zero-order valence-electron chi connectivity index (χ0n) is 17.2. The number of carbonyl (C=O) groups excluding carboxylic acids is 1. The van der Waals surface area contributed by atoms with Crippen molar-refractivity contribution in [1.29, 1.82) is 0 Å². The lowest BCUT2D eigenvalue weighted by molar-refractivity contribution is 0.102. The van der Waals surface area contributed by atoms with Crippen LogP contribution in [0.3, 0.4) is 0 Å². The van der Waals surface area contributed by atoms with Crippen LogP contribution in [0.25, 0.3) is 15.5 Å². The van der Waals surface area contributed by atoms with Crippen molar-refractivity contribution in [3.8, 4) is 16.3 Å². The number of nitrogens with one attached hydrogen (secondary N) is 1. The van der Waals surface area contributed by atoms with Gasteiger partial charge in [0, 0.05) is 16.8 Å². The SMILES string of the molecule is Cc1nnc2sc(-c3cccc(NC(=O)c4ccc(OCc5ccccc5)cc4)c3)nn12. The maximum atomic E-state index is 12.7. The first-order valence-electron chi connectivity index (χ1n) is 10.0. The van der Waals surface area contributed by atoms with Crippen LogP contribution in [-0.2, 0) is 6.61 Å². The van der Waals surface area contributed by atoms with Gasteiger partial charge in [-0.1, -0.05) is 53.8 Å². The van der Waals surface area contributed by atoms with Crippen molar-refractivity contribution in [2.24, 2.45) is 0 Å². The lowest BCUT2D eigenvalue weighted by Gasteiger charge is -2.09. The van der Waals surface area contributed by atoms with E-state index in [-0.39, 0.29) is 5.91 Å². The van der Waals surface area contributed by atoms with Crippen molar-refractivity contribution in [2.75, 3.05) is 5.32 Å². The van der Waals surface area contributed by atoms with Gasteiger partial charge < -0.3 is 10.1 Å². The van der Waals surface area contributed by atoms with E-state index in [1.807, 2.05) is 61.5 Å². The molecule has 0 aliphatic rings. The highest BCUT2D eigenvalue weighted by Gasteiger charge is 2.12. The molecule has 0 aliphatic heterocycles. The van der Waals surface area contributed by atoms with Crippen LogP contribution in [0.4, 0.5) is 5.69 Å². The molecule has 3 aromatic carbocycles. The fourth-order valence-corrected chi connectivity index (χ4v) is 4.09. The van der Waals surface area contributed by atoms with Crippen molar-refractivity contribution < 1.29 is 9.53 Å². The van der Waals surface area contributed by atoms with Crippen LogP contribution >= 0.6 is 11.3 Å². The first-order chi connectivity index (χ1) is 15.7. The summed E-state index contributed by atoms with van der Waals surface area (Å²) in [6, 6.07) is 24.7. The van der Waals surface area contributed by atoms with Crippen LogP contribution in [0.2, 0.25) is 0 Å². The predicted octanol–water partition coefficient (Wildman–Crippen LogP) is 4.99. The van der Waals surface area contributed by atoms with Gasteiger partial charge in [0.25, 0.3) is 5.91 Å². The van der Waals surface area contributed by atoms with E-state index < -0.39 is 0 Å². The number of anilines is 1. The molecule has 0 spiro atoms. The van der Waals surface area contributed by atoms with E-state index in [1.54, 1.807) is 28.8 Å². The second-order valence-corrected chi connectivity index (χ2v) is 8.14. The summed E-state index contributed by atoms with van der Waals surface area (Å²) >= 11 is 1.45. The number of aryl methyl sites for hydroxylation is 1. The Morgan fingerprint density at radius 1 is 1.00 bits per heavy atom. The van der Waals surface area contributed by atoms with E-state index in [9.17, 15) is 4.79 Å². The third kappa shape index (κ3) is 4.21. The van der Waals surface area contributed by atoms with E-state index in [0.717, 1.165) is 26.9 Å². The topological polar surface area (TPSA) is 81.4 Å². The number of hydrogen-bond donors (Lipinski definition) is 1. The molecule has 0 saturated carbocycles. The van der Waals surface area contributed by atoms with Gasteiger partial charge in [-0.15, -0.1) is 10.2 Å². The molecule has 0 radical (unpaired) electrons. The van der Waals surface area contributed by atoms with Crippen molar-refractivity contribution in [3.05, 3.63) is 95.8 Å². The van der Waals surface area contributed by atoms with Crippen molar-refractivity contribution in [2.45, 2.75) is 13.5 Å². The molecule has 5 aromatic rings. The van der Waals surface area contributed by atoms with Gasteiger partial charge in [0.15, 0.2) is 5.82 Å². The standard InChI is InChI=1S/C24H19N5O2S/c1-16-26-27-24-29(16)28-23(32-24)19-8-5-9-20(14-19)25-22(30)18-10-12-21(13-11-18)31-15-17-6-3-2-4-7-17/h2-14H,15H2,1H3,(H,25,30). The van der Waals surface area contributed by atoms with Gasteiger partial charge in [-0.05, 0) is 48.9 Å². The van der Waals surface area contributed by atoms with Gasteiger partial charge >= 0.3 is 0 Å². The zero-order valence-corrected chi connectivity index (χ0v) is 18.0. The van der Waals surface area contributed by atoms with Crippen LogP contribution in [0.1, 0.15) is 21.7 Å². The number of amides is 1. The molecule has 0 saturated heterocycles. The number of hydrogen-bond acceptors (Lipinski definition) is 6. The van der Waals surface area contributed by atoms with E-state index in [1.165, 1.54) is 11.3 Å². The van der Waals surface area contributed by atoms with Crippen LogP contribution in [0.5, 0.6) is 5.75 Å². The van der Waals surface area contributed by atoms with Gasteiger partial charge in [0.05, 0.1) is 0 Å². The monoisotopic (exact) mass is 441 g/mol. The molecule has 7 nitrogen and oxygen atoms in total. The zero-order chi connectivity index (χ0) is 21.9. The summed E-state index contributed by atoms with van der Waals surface area (Å²) in [4.78, 5) is 13.4. The minimum Gasteiger partial charge on any atom is -0.489 e. The minimum atomic E-state index is -0.189. The van der Waals surface area contributed by atoms with Crippen LogP contribution < -0.4 is 10.1 Å². The van der Waals surface area contributed by atoms with Crippen molar-refractivity contribution in [3.63, 3.8) is 0 Å². The quantitative estimate of drug-likeness (QED) is 0.401. The van der Waals surface area contributed by atoms with Gasteiger partial charge in [0.1, 0.15) is 17.4 Å². The number of rotatable bonds is 6. The summed E-state index contributed by atoms with van der Waals surface area (Å²) in [5.74, 6) is 1.26. The summed E-state index contributed by atoms with van der Waals surface area (Å²) < 4.78 is 7.50. The smallest absolute Gasteiger partial charge is 0.255 e. The Hall–Kier alpha value is -4.04. The molecule has 0 bridgehead atoms. The van der Waals surface area contributed by atoms with Crippen LogP contribution in [0.15, 0.2) is 78.9 Å². The van der Waals surface area contributed by atoms with E-state index in [4.69, 9.17) is 4.74 Å². The molecule has 158 valence electrons. The van der Waals surface area contributed by atoms with Gasteiger partial charge in [-0.3, -0.25) is 4.79 Å². The van der Waals surface area contributed by atoms with Gasteiger partial charge in [-0.25, -0.2) is 0 Å². The van der Waals surface area contributed by atoms with Crippen LogP contribution in [-0.4, -0.2) is 25.7 Å². The molecular formula is C24H19N5O2S. The summed E-state index contributed by atoms with van der Waals surface area (Å²) in [5, 5.41) is 16.4. The van der Waals surface area contributed by atoms with Gasteiger partial charge in [-0.2, -0.15) is 9.61 Å². The number of aromatic nitrogens is 4. The second-order valence-electron chi connectivity index (χ2n) is 7.18. The number of ether oxygens (including phenoxy) is 1. The molecule has 0 unspecified atom stereocenters. The molecule has 8 heteroatoms. The van der Waals surface area contributed by atoms with Crippen LogP contribution in [0, 0.1) is 6.92 Å². The Balaban J connectivity index is 1.26. The fourth-order valence-electron chi connectivity index (χ4n) is 3.21. The molecule has 1 amide bonds. The number of nitrogens with zero attached hydrogens (tertiary/aromatic N) is 4. The summed E-state index contributed by atoms with van der Waals surface area (Å²) in [7, 11) is 0. The molecule has 0 fully saturated rings. The average molecular weight is 442 g/mol. The number of benzene rings is 3. The molecule has 0 atom stereocenters. The summed E-state index contributed by atoms with van der Waals surface area (Å²) in [6.45, 7) is 2.34. The highest BCUT2D eigenvalue weighted by Crippen LogP contribution is 2.27. The Morgan fingerprint density at radius 3 is 2.59 bits per heavy atom. The Kier molecular flexibility index (Phi) is 5.35. The predicted molar refractivity (Wildman–Crippen MR) is 124 cm³/mol. The normalized spacial score (nSPS) is 10.9. The minimum absolute atomic E-state index is 0.189. The van der Waals surface area contributed by atoms with E-state index in [0.29, 0.717) is 23.6 Å². The third-order valence-electron chi connectivity index (χ3n) is 4.88. The summed E-state index contributed by atoms with van der Waals surface area (Å²) in [5.41, 5.74) is 3.24. The lowest BCUT2D eigenvalue weighted by atomic mass is 10.1. The maximum Gasteiger partial charge on any atom is 0.255 e. The average Bonchev–Trinajstić information content (AvgIpc) is 3.41. The molecule has 1 N–H and O–H groups in total. The van der Waals surface area contributed by atoms with Gasteiger partial charge in [0.2, 0.25) is 4.96 Å². The molecule has 0 aliphatic carbocycles. The Bertz CT molecular complexity index is 1380. The Morgan fingerprint density at radius 2 is 1.81 bits per heavy atom. The number of fused-ring (bicyclic) bond motifs is 1. The highest BCUT2D eigenvalue weighted by molar-refractivity contribution is 7.19. The number of carbonyl (C=O) groups is 1. The Labute approximate surface area is 188 Å².